The standard InChI is InChI=1S/C25H50O4/c1-24(2)18-15-13-11-9-7-5-4-6-8-10-12-14-16-21-29-25(26)19-17-20-28-23-22-27-3/h24H,4-23H2,1-3H3. The number of ether oxygens (including phenoxy) is 3. The number of esters is 1. The lowest BCUT2D eigenvalue weighted by Gasteiger charge is -2.06. The summed E-state index contributed by atoms with van der Waals surface area (Å²) in [6.45, 7) is 6.99. The van der Waals surface area contributed by atoms with Crippen molar-refractivity contribution >= 4 is 5.97 Å². The maximum absolute atomic E-state index is 11.6. The molecule has 0 radical (unpaired) electrons. The highest BCUT2D eigenvalue weighted by Gasteiger charge is 2.02. The van der Waals surface area contributed by atoms with E-state index in [1.807, 2.05) is 0 Å². The lowest BCUT2D eigenvalue weighted by molar-refractivity contribution is -0.144. The van der Waals surface area contributed by atoms with Crippen LogP contribution in [0.4, 0.5) is 0 Å². The van der Waals surface area contributed by atoms with Crippen molar-refractivity contribution in [1.82, 2.24) is 0 Å². The number of methoxy groups -OCH3 is 1. The molecule has 0 rings (SSSR count). The summed E-state index contributed by atoms with van der Waals surface area (Å²) in [6.07, 6.45) is 20.0. The number of hydrogen-bond acceptors (Lipinski definition) is 4. The molecule has 0 aromatic carbocycles. The molecule has 0 heterocycles. The van der Waals surface area contributed by atoms with Crippen LogP contribution < -0.4 is 0 Å². The van der Waals surface area contributed by atoms with Gasteiger partial charge in [-0.25, -0.2) is 0 Å². The van der Waals surface area contributed by atoms with Gasteiger partial charge in [-0.2, -0.15) is 0 Å². The van der Waals surface area contributed by atoms with Crippen LogP contribution in [-0.2, 0) is 19.0 Å². The number of hydrogen-bond donors (Lipinski definition) is 0. The second-order valence-corrected chi connectivity index (χ2v) is 8.71. The number of rotatable bonds is 23. The van der Waals surface area contributed by atoms with Crippen LogP contribution in [0, 0.1) is 5.92 Å². The maximum Gasteiger partial charge on any atom is 0.305 e. The molecule has 0 aliphatic rings. The van der Waals surface area contributed by atoms with Crippen LogP contribution in [0.3, 0.4) is 0 Å². The maximum atomic E-state index is 11.6. The first-order valence-electron chi connectivity index (χ1n) is 12.4. The van der Waals surface area contributed by atoms with E-state index >= 15 is 0 Å². The molecule has 0 amide bonds. The van der Waals surface area contributed by atoms with E-state index in [-0.39, 0.29) is 5.97 Å². The van der Waals surface area contributed by atoms with E-state index in [9.17, 15) is 4.79 Å². The Morgan fingerprint density at radius 3 is 1.66 bits per heavy atom. The fourth-order valence-corrected chi connectivity index (χ4v) is 3.42. The van der Waals surface area contributed by atoms with Crippen LogP contribution in [-0.4, -0.2) is 39.5 Å². The van der Waals surface area contributed by atoms with Crippen LogP contribution in [0.2, 0.25) is 0 Å². The molecule has 0 aliphatic carbocycles. The second kappa shape index (κ2) is 23.7. The van der Waals surface area contributed by atoms with E-state index < -0.39 is 0 Å². The first-order valence-corrected chi connectivity index (χ1v) is 12.4. The van der Waals surface area contributed by atoms with Gasteiger partial charge >= 0.3 is 5.97 Å². The minimum atomic E-state index is -0.0970. The van der Waals surface area contributed by atoms with Gasteiger partial charge in [-0.05, 0) is 18.8 Å². The molecule has 0 saturated heterocycles. The van der Waals surface area contributed by atoms with Crippen molar-refractivity contribution in [3.63, 3.8) is 0 Å². The Morgan fingerprint density at radius 1 is 0.621 bits per heavy atom. The minimum Gasteiger partial charge on any atom is -0.466 e. The highest BCUT2D eigenvalue weighted by molar-refractivity contribution is 5.69. The van der Waals surface area contributed by atoms with Gasteiger partial charge < -0.3 is 14.2 Å². The van der Waals surface area contributed by atoms with Crippen molar-refractivity contribution in [2.75, 3.05) is 33.5 Å². The van der Waals surface area contributed by atoms with Crippen LogP contribution >= 0.6 is 0 Å². The van der Waals surface area contributed by atoms with E-state index in [0.29, 0.717) is 32.8 Å². The molecule has 0 aromatic rings. The normalized spacial score (nSPS) is 11.3. The Labute approximate surface area is 181 Å². The summed E-state index contributed by atoms with van der Waals surface area (Å²) < 4.78 is 15.5. The van der Waals surface area contributed by atoms with E-state index in [1.54, 1.807) is 7.11 Å². The molecule has 0 spiro atoms. The molecule has 0 aromatic heterocycles. The van der Waals surface area contributed by atoms with Crippen molar-refractivity contribution in [3.8, 4) is 0 Å². The highest BCUT2D eigenvalue weighted by Crippen LogP contribution is 2.14. The zero-order chi connectivity index (χ0) is 21.4. The zero-order valence-electron chi connectivity index (χ0n) is 19.9. The predicted octanol–water partition coefficient (Wildman–Crippen LogP) is 7.09. The predicted molar refractivity (Wildman–Crippen MR) is 122 cm³/mol. The smallest absolute Gasteiger partial charge is 0.305 e. The topological polar surface area (TPSA) is 44.8 Å². The lowest BCUT2D eigenvalue weighted by Crippen LogP contribution is -2.08. The second-order valence-electron chi connectivity index (χ2n) is 8.71. The molecule has 4 nitrogen and oxygen atoms in total. The third kappa shape index (κ3) is 25.4. The molecule has 0 N–H and O–H groups in total. The van der Waals surface area contributed by atoms with E-state index in [4.69, 9.17) is 14.2 Å². The summed E-state index contributed by atoms with van der Waals surface area (Å²) in [5, 5.41) is 0. The number of carbonyl (C=O) groups is 1. The molecular formula is C25H50O4. The Balaban J connectivity index is 3.12. The fourth-order valence-electron chi connectivity index (χ4n) is 3.42. The van der Waals surface area contributed by atoms with Gasteiger partial charge in [0, 0.05) is 20.1 Å². The number of carbonyl (C=O) groups excluding carboxylic acids is 1. The number of unbranched alkanes of at least 4 members (excludes halogenated alkanes) is 12. The van der Waals surface area contributed by atoms with Gasteiger partial charge in [-0.1, -0.05) is 97.3 Å². The van der Waals surface area contributed by atoms with E-state index in [0.717, 1.165) is 18.8 Å². The molecule has 4 heteroatoms. The molecule has 0 unspecified atom stereocenters. The molecule has 0 atom stereocenters. The first kappa shape index (κ1) is 28.4. The van der Waals surface area contributed by atoms with Gasteiger partial charge in [0.05, 0.1) is 19.8 Å². The van der Waals surface area contributed by atoms with Crippen molar-refractivity contribution in [2.45, 2.75) is 117 Å². The van der Waals surface area contributed by atoms with Crippen LogP contribution in [0.1, 0.15) is 117 Å². The monoisotopic (exact) mass is 414 g/mol. The third-order valence-corrected chi connectivity index (χ3v) is 5.29. The van der Waals surface area contributed by atoms with Crippen molar-refractivity contribution < 1.29 is 19.0 Å². The molecule has 0 fully saturated rings. The van der Waals surface area contributed by atoms with Gasteiger partial charge in [0.15, 0.2) is 0 Å². The van der Waals surface area contributed by atoms with Gasteiger partial charge in [-0.3, -0.25) is 4.79 Å². The first-order chi connectivity index (χ1) is 14.2. The van der Waals surface area contributed by atoms with E-state index in [2.05, 4.69) is 13.8 Å². The Hall–Kier alpha value is -0.610. The quantitative estimate of drug-likeness (QED) is 0.132. The van der Waals surface area contributed by atoms with Gasteiger partial charge in [0.2, 0.25) is 0 Å². The minimum absolute atomic E-state index is 0.0970. The largest absolute Gasteiger partial charge is 0.466 e. The van der Waals surface area contributed by atoms with Gasteiger partial charge in [-0.15, -0.1) is 0 Å². The SMILES string of the molecule is COCCOCCCC(=O)OCCCCCCCCCCCCCCCC(C)C. The highest BCUT2D eigenvalue weighted by atomic mass is 16.5. The summed E-state index contributed by atoms with van der Waals surface area (Å²) in [6, 6.07) is 0. The van der Waals surface area contributed by atoms with Crippen LogP contribution in [0.25, 0.3) is 0 Å². The molecule has 0 aliphatic heterocycles. The molecular weight excluding hydrogens is 364 g/mol. The fraction of sp³-hybridized carbons (Fsp3) is 0.960. The lowest BCUT2D eigenvalue weighted by atomic mass is 10.0. The Morgan fingerprint density at radius 2 is 1.14 bits per heavy atom. The van der Waals surface area contributed by atoms with Gasteiger partial charge in [0.25, 0.3) is 0 Å². The summed E-state index contributed by atoms with van der Waals surface area (Å²) >= 11 is 0. The average Bonchev–Trinajstić information content (AvgIpc) is 2.70. The molecule has 174 valence electrons. The van der Waals surface area contributed by atoms with Gasteiger partial charge in [0.1, 0.15) is 0 Å². The zero-order valence-corrected chi connectivity index (χ0v) is 19.9. The summed E-state index contributed by atoms with van der Waals surface area (Å²) in [7, 11) is 1.65. The third-order valence-electron chi connectivity index (χ3n) is 5.29. The molecule has 0 saturated carbocycles. The molecule has 29 heavy (non-hydrogen) atoms. The van der Waals surface area contributed by atoms with Crippen LogP contribution in [0.15, 0.2) is 0 Å². The average molecular weight is 415 g/mol. The summed E-state index contributed by atoms with van der Waals surface area (Å²) in [5.74, 6) is 0.771. The Kier molecular flexibility index (Phi) is 23.2. The summed E-state index contributed by atoms with van der Waals surface area (Å²) in [5.41, 5.74) is 0. The molecule has 0 bridgehead atoms. The summed E-state index contributed by atoms with van der Waals surface area (Å²) in [4.78, 5) is 11.6. The van der Waals surface area contributed by atoms with Crippen molar-refractivity contribution in [3.05, 3.63) is 0 Å². The van der Waals surface area contributed by atoms with Crippen molar-refractivity contribution in [2.24, 2.45) is 5.92 Å². The van der Waals surface area contributed by atoms with Crippen molar-refractivity contribution in [1.29, 1.82) is 0 Å². The van der Waals surface area contributed by atoms with Crippen LogP contribution in [0.5, 0.6) is 0 Å². The Bertz CT molecular complexity index is 331. The van der Waals surface area contributed by atoms with E-state index in [1.165, 1.54) is 83.5 Å².